The van der Waals surface area contributed by atoms with Gasteiger partial charge in [-0.25, -0.2) is 0 Å². The molecule has 1 rings (SSSR count). The Kier molecular flexibility index (Phi) is 5.47. The molecule has 0 N–H and O–H groups in total. The van der Waals surface area contributed by atoms with Gasteiger partial charge in [0, 0.05) is 6.04 Å². The van der Waals surface area contributed by atoms with E-state index >= 15 is 0 Å². The molecule has 88 valence electrons. The SMILES string of the molecule is COC(=O)C(C)SCCC1CCCN1C. The zero-order chi connectivity index (χ0) is 11.3. The molecule has 1 heterocycles. The zero-order valence-corrected chi connectivity index (χ0v) is 10.7. The van der Waals surface area contributed by atoms with Crippen LogP contribution in [0.25, 0.3) is 0 Å². The summed E-state index contributed by atoms with van der Waals surface area (Å²) >= 11 is 1.70. The molecule has 15 heavy (non-hydrogen) atoms. The van der Waals surface area contributed by atoms with Gasteiger partial charge < -0.3 is 9.64 Å². The Balaban J connectivity index is 2.13. The van der Waals surface area contributed by atoms with Crippen molar-refractivity contribution in [1.82, 2.24) is 4.90 Å². The molecule has 0 aromatic heterocycles. The van der Waals surface area contributed by atoms with Crippen molar-refractivity contribution in [3.8, 4) is 0 Å². The van der Waals surface area contributed by atoms with E-state index in [1.807, 2.05) is 6.92 Å². The van der Waals surface area contributed by atoms with Crippen LogP contribution in [0.1, 0.15) is 26.2 Å². The first kappa shape index (κ1) is 12.8. The van der Waals surface area contributed by atoms with Crippen molar-refractivity contribution in [1.29, 1.82) is 0 Å². The van der Waals surface area contributed by atoms with E-state index in [4.69, 9.17) is 0 Å². The fourth-order valence-corrected chi connectivity index (χ4v) is 2.95. The molecule has 2 atom stereocenters. The second-order valence-corrected chi connectivity index (χ2v) is 5.55. The van der Waals surface area contributed by atoms with Crippen molar-refractivity contribution in [3.05, 3.63) is 0 Å². The average Bonchev–Trinajstić information content (AvgIpc) is 2.63. The highest BCUT2D eigenvalue weighted by Crippen LogP contribution is 2.21. The molecule has 0 saturated carbocycles. The van der Waals surface area contributed by atoms with Crippen molar-refractivity contribution in [2.24, 2.45) is 0 Å². The van der Waals surface area contributed by atoms with E-state index in [0.29, 0.717) is 0 Å². The lowest BCUT2D eigenvalue weighted by atomic mass is 10.2. The van der Waals surface area contributed by atoms with Gasteiger partial charge >= 0.3 is 5.97 Å². The Morgan fingerprint density at radius 3 is 2.93 bits per heavy atom. The summed E-state index contributed by atoms with van der Waals surface area (Å²) in [5.74, 6) is 0.936. The summed E-state index contributed by atoms with van der Waals surface area (Å²) in [6.07, 6.45) is 3.81. The summed E-state index contributed by atoms with van der Waals surface area (Å²) < 4.78 is 4.69. The number of likely N-dealkylation sites (tertiary alicyclic amines) is 1. The summed E-state index contributed by atoms with van der Waals surface area (Å²) in [5, 5.41) is -0.0262. The number of nitrogens with zero attached hydrogens (tertiary/aromatic N) is 1. The molecule has 0 aliphatic carbocycles. The smallest absolute Gasteiger partial charge is 0.318 e. The van der Waals surface area contributed by atoms with Gasteiger partial charge in [-0.3, -0.25) is 4.79 Å². The number of carbonyl (C=O) groups excluding carboxylic acids is 1. The Morgan fingerprint density at radius 2 is 2.40 bits per heavy atom. The van der Waals surface area contributed by atoms with E-state index in [1.54, 1.807) is 11.8 Å². The summed E-state index contributed by atoms with van der Waals surface area (Å²) in [7, 11) is 3.64. The maximum Gasteiger partial charge on any atom is 0.318 e. The van der Waals surface area contributed by atoms with Crippen LogP contribution in [-0.2, 0) is 9.53 Å². The van der Waals surface area contributed by atoms with Crippen LogP contribution in [0.4, 0.5) is 0 Å². The molecular formula is C11H21NO2S. The summed E-state index contributed by atoms with van der Waals surface area (Å²) in [5.41, 5.74) is 0. The minimum atomic E-state index is -0.111. The lowest BCUT2D eigenvalue weighted by Crippen LogP contribution is -2.25. The number of hydrogen-bond donors (Lipinski definition) is 0. The summed E-state index contributed by atoms with van der Waals surface area (Å²) in [6.45, 7) is 3.14. The monoisotopic (exact) mass is 231 g/mol. The van der Waals surface area contributed by atoms with E-state index in [2.05, 4.69) is 16.7 Å². The van der Waals surface area contributed by atoms with Crippen molar-refractivity contribution in [2.45, 2.75) is 37.5 Å². The molecule has 1 aliphatic rings. The van der Waals surface area contributed by atoms with Crippen LogP contribution in [0.15, 0.2) is 0 Å². The highest BCUT2D eigenvalue weighted by Gasteiger charge is 2.21. The molecule has 2 unspecified atom stereocenters. The number of ether oxygens (including phenoxy) is 1. The second kappa shape index (κ2) is 6.38. The fourth-order valence-electron chi connectivity index (χ4n) is 1.96. The molecule has 1 saturated heterocycles. The van der Waals surface area contributed by atoms with Gasteiger partial charge in [0.1, 0.15) is 0 Å². The van der Waals surface area contributed by atoms with E-state index in [0.717, 1.165) is 11.8 Å². The molecule has 0 spiro atoms. The van der Waals surface area contributed by atoms with Gasteiger partial charge in [-0.2, -0.15) is 0 Å². The highest BCUT2D eigenvalue weighted by atomic mass is 32.2. The maximum atomic E-state index is 11.1. The van der Waals surface area contributed by atoms with Crippen molar-refractivity contribution >= 4 is 17.7 Å². The standard InChI is InChI=1S/C11H21NO2S/c1-9(11(13)14-3)15-8-6-10-5-4-7-12(10)2/h9-10H,4-8H2,1-3H3. The topological polar surface area (TPSA) is 29.5 Å². The first-order valence-corrected chi connectivity index (χ1v) is 6.59. The third-order valence-electron chi connectivity index (χ3n) is 3.02. The van der Waals surface area contributed by atoms with Crippen molar-refractivity contribution in [2.75, 3.05) is 26.5 Å². The number of thioether (sulfide) groups is 1. The molecule has 0 aromatic rings. The van der Waals surface area contributed by atoms with E-state index in [1.165, 1.54) is 32.9 Å². The molecule has 0 amide bonds. The third kappa shape index (κ3) is 4.03. The lowest BCUT2D eigenvalue weighted by Gasteiger charge is -2.19. The largest absolute Gasteiger partial charge is 0.468 e. The van der Waals surface area contributed by atoms with Crippen LogP contribution in [0.5, 0.6) is 0 Å². The van der Waals surface area contributed by atoms with Crippen LogP contribution in [0.2, 0.25) is 0 Å². The van der Waals surface area contributed by atoms with Crippen LogP contribution >= 0.6 is 11.8 Å². The van der Waals surface area contributed by atoms with Gasteiger partial charge in [0.05, 0.1) is 12.4 Å². The van der Waals surface area contributed by atoms with Gasteiger partial charge in [-0.05, 0) is 45.5 Å². The molecule has 3 nitrogen and oxygen atoms in total. The van der Waals surface area contributed by atoms with Gasteiger partial charge in [0.25, 0.3) is 0 Å². The molecule has 1 fully saturated rings. The maximum absolute atomic E-state index is 11.1. The van der Waals surface area contributed by atoms with E-state index in [9.17, 15) is 4.79 Å². The van der Waals surface area contributed by atoms with Crippen molar-refractivity contribution < 1.29 is 9.53 Å². The Hall–Kier alpha value is -0.220. The van der Waals surface area contributed by atoms with Crippen LogP contribution in [0.3, 0.4) is 0 Å². The Morgan fingerprint density at radius 1 is 1.67 bits per heavy atom. The molecule has 4 heteroatoms. The number of methoxy groups -OCH3 is 1. The number of esters is 1. The predicted molar refractivity (Wildman–Crippen MR) is 64.2 cm³/mol. The predicted octanol–water partition coefficient (Wildman–Crippen LogP) is 1.77. The number of carbonyl (C=O) groups is 1. The van der Waals surface area contributed by atoms with E-state index in [-0.39, 0.29) is 11.2 Å². The molecule has 1 aliphatic heterocycles. The minimum Gasteiger partial charge on any atom is -0.468 e. The van der Waals surface area contributed by atoms with Crippen molar-refractivity contribution in [3.63, 3.8) is 0 Å². The van der Waals surface area contributed by atoms with Gasteiger partial charge in [-0.15, -0.1) is 11.8 Å². The number of rotatable bonds is 5. The van der Waals surface area contributed by atoms with Crippen LogP contribution in [-0.4, -0.2) is 48.6 Å². The Bertz CT molecular complexity index is 211. The molecule has 0 bridgehead atoms. The average molecular weight is 231 g/mol. The molecular weight excluding hydrogens is 210 g/mol. The van der Waals surface area contributed by atoms with Crippen LogP contribution in [0, 0.1) is 0 Å². The van der Waals surface area contributed by atoms with Gasteiger partial charge in [-0.1, -0.05) is 0 Å². The highest BCUT2D eigenvalue weighted by molar-refractivity contribution is 8.00. The first-order chi connectivity index (χ1) is 7.15. The summed E-state index contributed by atoms with van der Waals surface area (Å²) in [4.78, 5) is 13.6. The third-order valence-corrected chi connectivity index (χ3v) is 4.19. The van der Waals surface area contributed by atoms with Gasteiger partial charge in [0.15, 0.2) is 0 Å². The molecule has 0 radical (unpaired) electrons. The minimum absolute atomic E-state index is 0.0262. The Labute approximate surface area is 96.5 Å². The summed E-state index contributed by atoms with van der Waals surface area (Å²) in [6, 6.07) is 0.724. The normalized spacial score (nSPS) is 24.1. The van der Waals surface area contributed by atoms with Crippen LogP contribution < -0.4 is 0 Å². The lowest BCUT2D eigenvalue weighted by molar-refractivity contribution is -0.139. The fraction of sp³-hybridized carbons (Fsp3) is 0.909. The van der Waals surface area contributed by atoms with E-state index < -0.39 is 0 Å². The van der Waals surface area contributed by atoms with Gasteiger partial charge in [0.2, 0.25) is 0 Å². The number of hydrogen-bond acceptors (Lipinski definition) is 4. The second-order valence-electron chi connectivity index (χ2n) is 4.10. The zero-order valence-electron chi connectivity index (χ0n) is 9.86. The molecule has 0 aromatic carbocycles. The first-order valence-electron chi connectivity index (χ1n) is 5.55. The quantitative estimate of drug-likeness (QED) is 0.674.